The quantitative estimate of drug-likeness (QED) is 0.256. The fraction of sp³-hybridized carbons (Fsp3) is 0.517. The van der Waals surface area contributed by atoms with E-state index >= 15 is 4.39 Å². The van der Waals surface area contributed by atoms with E-state index in [9.17, 15) is 4.79 Å². The van der Waals surface area contributed by atoms with Gasteiger partial charge < -0.3 is 14.5 Å². The third-order valence-electron chi connectivity index (χ3n) is 7.47. The molecule has 1 saturated heterocycles. The van der Waals surface area contributed by atoms with Gasteiger partial charge in [0.2, 0.25) is 0 Å². The van der Waals surface area contributed by atoms with Crippen LogP contribution in [-0.2, 0) is 9.63 Å². The van der Waals surface area contributed by atoms with Crippen LogP contribution in [0.1, 0.15) is 56.9 Å². The van der Waals surface area contributed by atoms with Crippen molar-refractivity contribution in [3.05, 3.63) is 59.9 Å². The van der Waals surface area contributed by atoms with Gasteiger partial charge >= 0.3 is 5.97 Å². The van der Waals surface area contributed by atoms with E-state index in [1.165, 1.54) is 19.4 Å². The third kappa shape index (κ3) is 6.64. The number of nitrogens with zero attached hydrogens (tertiary/aromatic N) is 3. The van der Waals surface area contributed by atoms with Gasteiger partial charge in [0.05, 0.1) is 18.5 Å². The molecule has 1 atom stereocenters. The monoisotopic (exact) mass is 495 g/mol. The van der Waals surface area contributed by atoms with E-state index in [1.807, 2.05) is 30.3 Å². The summed E-state index contributed by atoms with van der Waals surface area (Å²) in [5.41, 5.74) is 2.58. The van der Waals surface area contributed by atoms with Crippen molar-refractivity contribution in [2.75, 3.05) is 44.7 Å². The summed E-state index contributed by atoms with van der Waals surface area (Å²) in [6, 6.07) is 15.1. The minimum absolute atomic E-state index is 0.213. The van der Waals surface area contributed by atoms with Crippen molar-refractivity contribution in [1.82, 2.24) is 4.90 Å². The molecule has 2 fully saturated rings. The van der Waals surface area contributed by atoms with Gasteiger partial charge in [0, 0.05) is 44.9 Å². The summed E-state index contributed by atoms with van der Waals surface area (Å²) in [6.07, 6.45) is 6.19. The molecule has 1 unspecified atom stereocenters. The first-order valence-corrected chi connectivity index (χ1v) is 13.2. The highest BCUT2D eigenvalue weighted by Gasteiger charge is 2.31. The van der Waals surface area contributed by atoms with Crippen LogP contribution in [-0.4, -0.2) is 56.4 Å². The number of anilines is 1. The average Bonchev–Trinajstić information content (AvgIpc) is 2.91. The SMILES string of the molecule is COc1ccccc1N1CCN(CCC(C(=NOC(C)=O)C2CCCCC2)c2ccccc2F)CC1. The van der Waals surface area contributed by atoms with Crippen molar-refractivity contribution in [1.29, 1.82) is 0 Å². The molecular formula is C29H38FN3O3. The first-order chi connectivity index (χ1) is 17.6. The molecule has 2 aromatic rings. The summed E-state index contributed by atoms with van der Waals surface area (Å²) >= 11 is 0. The lowest BCUT2D eigenvalue weighted by Gasteiger charge is -2.37. The minimum atomic E-state index is -0.442. The second-order valence-electron chi connectivity index (χ2n) is 9.80. The van der Waals surface area contributed by atoms with Crippen LogP contribution >= 0.6 is 0 Å². The maximum absolute atomic E-state index is 15.0. The van der Waals surface area contributed by atoms with E-state index in [2.05, 4.69) is 21.0 Å². The van der Waals surface area contributed by atoms with Crippen LogP contribution in [0.25, 0.3) is 0 Å². The fourth-order valence-electron chi connectivity index (χ4n) is 5.57. The zero-order valence-electron chi connectivity index (χ0n) is 21.5. The number of oxime groups is 1. The van der Waals surface area contributed by atoms with Crippen LogP contribution in [0.4, 0.5) is 10.1 Å². The molecule has 6 nitrogen and oxygen atoms in total. The third-order valence-corrected chi connectivity index (χ3v) is 7.47. The van der Waals surface area contributed by atoms with Crippen LogP contribution < -0.4 is 9.64 Å². The zero-order chi connectivity index (χ0) is 25.3. The number of piperazine rings is 1. The minimum Gasteiger partial charge on any atom is -0.495 e. The number of methoxy groups -OCH3 is 1. The molecule has 1 aliphatic heterocycles. The molecule has 7 heteroatoms. The second-order valence-corrected chi connectivity index (χ2v) is 9.80. The van der Waals surface area contributed by atoms with Gasteiger partial charge in [0.15, 0.2) is 0 Å². The Labute approximate surface area is 214 Å². The van der Waals surface area contributed by atoms with E-state index in [0.717, 1.165) is 82.0 Å². The molecule has 2 aromatic carbocycles. The van der Waals surface area contributed by atoms with E-state index < -0.39 is 5.97 Å². The standard InChI is InChI=1S/C29H38FN3O3/c1-22(34)36-31-29(23-10-4-3-5-11-23)25(24-12-6-7-13-26(24)30)16-17-32-18-20-33(21-19-32)27-14-8-9-15-28(27)35-2/h6-9,12-15,23,25H,3-5,10-11,16-21H2,1-2H3. The molecule has 194 valence electrons. The molecule has 1 aliphatic carbocycles. The van der Waals surface area contributed by atoms with Gasteiger partial charge in [-0.25, -0.2) is 9.18 Å². The number of benzene rings is 2. The van der Waals surface area contributed by atoms with Gasteiger partial charge in [0.1, 0.15) is 11.6 Å². The van der Waals surface area contributed by atoms with Crippen LogP contribution in [0.3, 0.4) is 0 Å². The summed E-state index contributed by atoms with van der Waals surface area (Å²) in [4.78, 5) is 21.6. The summed E-state index contributed by atoms with van der Waals surface area (Å²) in [6.45, 7) is 5.83. The number of para-hydroxylation sites is 2. The normalized spacial score (nSPS) is 18.6. The molecule has 1 saturated carbocycles. The zero-order valence-corrected chi connectivity index (χ0v) is 21.5. The van der Waals surface area contributed by atoms with Crippen LogP contribution in [0, 0.1) is 11.7 Å². The number of hydrogen-bond donors (Lipinski definition) is 0. The Morgan fingerprint density at radius 2 is 1.72 bits per heavy atom. The highest BCUT2D eigenvalue weighted by atomic mass is 19.1. The number of rotatable bonds is 9. The molecule has 1 heterocycles. The first kappa shape index (κ1) is 26.1. The topological polar surface area (TPSA) is 54.4 Å². The van der Waals surface area contributed by atoms with Crippen molar-refractivity contribution in [2.45, 2.75) is 51.4 Å². The molecule has 0 aromatic heterocycles. The molecule has 0 N–H and O–H groups in total. The number of ether oxygens (including phenoxy) is 1. The van der Waals surface area contributed by atoms with Crippen LogP contribution in [0.2, 0.25) is 0 Å². The fourth-order valence-corrected chi connectivity index (χ4v) is 5.57. The summed E-state index contributed by atoms with van der Waals surface area (Å²) in [5, 5.41) is 4.36. The molecule has 0 spiro atoms. The molecule has 4 rings (SSSR count). The molecule has 0 radical (unpaired) electrons. The smallest absolute Gasteiger partial charge is 0.331 e. The highest BCUT2D eigenvalue weighted by molar-refractivity contribution is 5.93. The van der Waals surface area contributed by atoms with Crippen molar-refractivity contribution in [2.24, 2.45) is 11.1 Å². The number of carbonyl (C=O) groups is 1. The summed E-state index contributed by atoms with van der Waals surface area (Å²) in [5.74, 6) is 0.216. The molecule has 36 heavy (non-hydrogen) atoms. The number of hydrogen-bond acceptors (Lipinski definition) is 6. The number of halogens is 1. The van der Waals surface area contributed by atoms with Gasteiger partial charge in [0.25, 0.3) is 0 Å². The highest BCUT2D eigenvalue weighted by Crippen LogP contribution is 2.35. The van der Waals surface area contributed by atoms with Crippen molar-refractivity contribution < 1.29 is 18.8 Å². The Bertz CT molecular complexity index is 1030. The summed E-state index contributed by atoms with van der Waals surface area (Å²) < 4.78 is 20.6. The van der Waals surface area contributed by atoms with Crippen molar-refractivity contribution in [3.8, 4) is 5.75 Å². The van der Waals surface area contributed by atoms with E-state index in [-0.39, 0.29) is 17.7 Å². The van der Waals surface area contributed by atoms with Crippen molar-refractivity contribution in [3.63, 3.8) is 0 Å². The van der Waals surface area contributed by atoms with E-state index in [4.69, 9.17) is 9.57 Å². The van der Waals surface area contributed by atoms with Gasteiger partial charge in [-0.05, 0) is 49.6 Å². The molecule has 2 aliphatic rings. The number of carbonyl (C=O) groups excluding carboxylic acids is 1. The second kappa shape index (κ2) is 12.9. The average molecular weight is 496 g/mol. The van der Waals surface area contributed by atoms with Crippen LogP contribution in [0.5, 0.6) is 5.75 Å². The Morgan fingerprint density at radius 1 is 1.03 bits per heavy atom. The summed E-state index contributed by atoms with van der Waals surface area (Å²) in [7, 11) is 1.71. The molecular weight excluding hydrogens is 457 g/mol. The van der Waals surface area contributed by atoms with Crippen LogP contribution in [0.15, 0.2) is 53.7 Å². The Kier molecular flexibility index (Phi) is 9.34. The lowest BCUT2D eigenvalue weighted by Crippen LogP contribution is -2.47. The lowest BCUT2D eigenvalue weighted by molar-refractivity contribution is -0.141. The maximum Gasteiger partial charge on any atom is 0.331 e. The Balaban J connectivity index is 1.49. The van der Waals surface area contributed by atoms with Gasteiger partial charge in [-0.2, -0.15) is 0 Å². The predicted molar refractivity (Wildman–Crippen MR) is 141 cm³/mol. The Morgan fingerprint density at radius 3 is 2.42 bits per heavy atom. The molecule has 0 bridgehead atoms. The largest absolute Gasteiger partial charge is 0.495 e. The molecule has 0 amide bonds. The van der Waals surface area contributed by atoms with E-state index in [0.29, 0.717) is 5.56 Å². The van der Waals surface area contributed by atoms with Gasteiger partial charge in [-0.1, -0.05) is 54.8 Å². The maximum atomic E-state index is 15.0. The van der Waals surface area contributed by atoms with Crippen molar-refractivity contribution >= 4 is 17.4 Å². The first-order valence-electron chi connectivity index (χ1n) is 13.2. The van der Waals surface area contributed by atoms with E-state index in [1.54, 1.807) is 13.2 Å². The van der Waals surface area contributed by atoms with Gasteiger partial charge in [-0.15, -0.1) is 0 Å². The lowest BCUT2D eigenvalue weighted by atomic mass is 9.77. The Hall–Kier alpha value is -2.93. The van der Waals surface area contributed by atoms with Gasteiger partial charge in [-0.3, -0.25) is 4.90 Å². The predicted octanol–water partition coefficient (Wildman–Crippen LogP) is 5.63.